The summed E-state index contributed by atoms with van der Waals surface area (Å²) in [6, 6.07) is 0. The predicted octanol–water partition coefficient (Wildman–Crippen LogP) is 0.0568. The monoisotopic (exact) mass is 193 g/mol. The van der Waals surface area contributed by atoms with Gasteiger partial charge in [0.05, 0.1) is 12.4 Å². The average molecular weight is 193 g/mol. The van der Waals surface area contributed by atoms with E-state index in [0.717, 1.165) is 25.6 Å². The highest BCUT2D eigenvalue weighted by molar-refractivity contribution is 7.86. The standard InChI is InChI=1S/C7H15NO3S/c1-8-5-3-4-7(6-8)11-12(2,9)10/h7H,3-6H2,1-2H3/t7-/m0/s1. The molecule has 0 aliphatic carbocycles. The van der Waals surface area contributed by atoms with E-state index in [4.69, 9.17) is 4.18 Å². The van der Waals surface area contributed by atoms with E-state index in [1.54, 1.807) is 0 Å². The first-order chi connectivity index (χ1) is 5.47. The van der Waals surface area contributed by atoms with Gasteiger partial charge < -0.3 is 4.90 Å². The van der Waals surface area contributed by atoms with Crippen LogP contribution in [0.15, 0.2) is 0 Å². The van der Waals surface area contributed by atoms with Gasteiger partial charge in [-0.15, -0.1) is 0 Å². The normalized spacial score (nSPS) is 27.3. The molecule has 0 bridgehead atoms. The van der Waals surface area contributed by atoms with E-state index in [2.05, 4.69) is 4.90 Å². The minimum Gasteiger partial charge on any atom is -0.304 e. The maximum Gasteiger partial charge on any atom is 0.264 e. The summed E-state index contributed by atoms with van der Waals surface area (Å²) in [4.78, 5) is 2.08. The zero-order valence-corrected chi connectivity index (χ0v) is 8.30. The quantitative estimate of drug-likeness (QED) is 0.582. The highest BCUT2D eigenvalue weighted by atomic mass is 32.2. The molecule has 0 unspecified atom stereocenters. The van der Waals surface area contributed by atoms with Gasteiger partial charge in [0, 0.05) is 6.54 Å². The smallest absolute Gasteiger partial charge is 0.264 e. The van der Waals surface area contributed by atoms with Crippen molar-refractivity contribution < 1.29 is 12.6 Å². The molecular formula is C7H15NO3S. The van der Waals surface area contributed by atoms with Crippen LogP contribution in [0.1, 0.15) is 12.8 Å². The average Bonchev–Trinajstić information content (AvgIpc) is 1.82. The number of hydrogen-bond acceptors (Lipinski definition) is 4. The van der Waals surface area contributed by atoms with Crippen molar-refractivity contribution in [1.82, 2.24) is 4.90 Å². The van der Waals surface area contributed by atoms with Gasteiger partial charge in [-0.3, -0.25) is 4.18 Å². The molecule has 1 fully saturated rings. The van der Waals surface area contributed by atoms with Gasteiger partial charge in [-0.1, -0.05) is 0 Å². The predicted molar refractivity (Wildman–Crippen MR) is 46.4 cm³/mol. The molecule has 0 aromatic rings. The van der Waals surface area contributed by atoms with Gasteiger partial charge in [0.25, 0.3) is 10.1 Å². The molecule has 1 atom stereocenters. The molecule has 0 radical (unpaired) electrons. The third kappa shape index (κ3) is 3.51. The Kier molecular flexibility index (Phi) is 3.09. The van der Waals surface area contributed by atoms with Crippen LogP contribution in [0.5, 0.6) is 0 Å². The Labute approximate surface area is 73.6 Å². The summed E-state index contributed by atoms with van der Waals surface area (Å²) in [5, 5.41) is 0. The van der Waals surface area contributed by atoms with Gasteiger partial charge in [-0.25, -0.2) is 0 Å². The van der Waals surface area contributed by atoms with Gasteiger partial charge in [0.1, 0.15) is 0 Å². The first kappa shape index (κ1) is 9.95. The Morgan fingerprint density at radius 3 is 2.67 bits per heavy atom. The van der Waals surface area contributed by atoms with Crippen LogP contribution in [-0.4, -0.2) is 45.8 Å². The second kappa shape index (κ2) is 3.72. The van der Waals surface area contributed by atoms with Crippen LogP contribution in [0, 0.1) is 0 Å². The van der Waals surface area contributed by atoms with Gasteiger partial charge >= 0.3 is 0 Å². The summed E-state index contributed by atoms with van der Waals surface area (Å²) in [5.41, 5.74) is 0. The first-order valence-electron chi connectivity index (χ1n) is 4.04. The van der Waals surface area contributed by atoms with Crippen molar-refractivity contribution in [2.45, 2.75) is 18.9 Å². The molecule has 0 N–H and O–H groups in total. The molecule has 1 rings (SSSR count). The number of likely N-dealkylation sites (N-methyl/N-ethyl adjacent to an activating group) is 1. The second-order valence-corrected chi connectivity index (χ2v) is 4.93. The van der Waals surface area contributed by atoms with E-state index < -0.39 is 10.1 Å². The summed E-state index contributed by atoms with van der Waals surface area (Å²) in [7, 11) is -1.30. The lowest BCUT2D eigenvalue weighted by Gasteiger charge is -2.28. The van der Waals surface area contributed by atoms with Crippen molar-refractivity contribution in [2.24, 2.45) is 0 Å². The van der Waals surface area contributed by atoms with Crippen LogP contribution in [0.3, 0.4) is 0 Å². The van der Waals surface area contributed by atoms with E-state index in [9.17, 15) is 8.42 Å². The molecule has 0 aromatic heterocycles. The van der Waals surface area contributed by atoms with Crippen molar-refractivity contribution in [3.05, 3.63) is 0 Å². The Morgan fingerprint density at radius 2 is 2.17 bits per heavy atom. The molecule has 1 aliphatic heterocycles. The summed E-state index contributed by atoms with van der Waals surface area (Å²) < 4.78 is 26.4. The first-order valence-corrected chi connectivity index (χ1v) is 5.86. The molecule has 4 nitrogen and oxygen atoms in total. The fourth-order valence-electron chi connectivity index (χ4n) is 1.44. The highest BCUT2D eigenvalue weighted by Gasteiger charge is 2.21. The van der Waals surface area contributed by atoms with Crippen LogP contribution in [0.25, 0.3) is 0 Å². The SMILES string of the molecule is CN1CCC[C@H](OS(C)(=O)=O)C1. The van der Waals surface area contributed by atoms with Crippen LogP contribution in [0.2, 0.25) is 0 Å². The van der Waals surface area contributed by atoms with E-state index in [0.29, 0.717) is 6.54 Å². The molecule has 72 valence electrons. The maximum atomic E-state index is 10.8. The molecule has 1 aliphatic rings. The van der Waals surface area contributed by atoms with Crippen molar-refractivity contribution in [2.75, 3.05) is 26.4 Å². The van der Waals surface area contributed by atoms with E-state index in [1.807, 2.05) is 7.05 Å². The molecule has 1 saturated heterocycles. The van der Waals surface area contributed by atoms with Gasteiger partial charge in [-0.2, -0.15) is 8.42 Å². The number of likely N-dealkylation sites (tertiary alicyclic amines) is 1. The highest BCUT2D eigenvalue weighted by Crippen LogP contribution is 2.12. The Morgan fingerprint density at radius 1 is 1.50 bits per heavy atom. The van der Waals surface area contributed by atoms with Crippen LogP contribution in [0.4, 0.5) is 0 Å². The molecule has 0 saturated carbocycles. The molecule has 0 aromatic carbocycles. The zero-order chi connectivity index (χ0) is 9.19. The van der Waals surface area contributed by atoms with Crippen molar-refractivity contribution in [3.8, 4) is 0 Å². The van der Waals surface area contributed by atoms with Crippen molar-refractivity contribution >= 4 is 10.1 Å². The lowest BCUT2D eigenvalue weighted by Crippen LogP contribution is -2.37. The third-order valence-electron chi connectivity index (χ3n) is 1.89. The molecule has 1 heterocycles. The van der Waals surface area contributed by atoms with Crippen molar-refractivity contribution in [1.29, 1.82) is 0 Å². The lowest BCUT2D eigenvalue weighted by molar-refractivity contribution is 0.111. The summed E-state index contributed by atoms with van der Waals surface area (Å²) >= 11 is 0. The molecule has 5 heteroatoms. The van der Waals surface area contributed by atoms with Gasteiger partial charge in [-0.05, 0) is 26.4 Å². The maximum absolute atomic E-state index is 10.8. The fourth-order valence-corrected chi connectivity index (χ4v) is 2.10. The minimum atomic E-state index is -3.27. The zero-order valence-electron chi connectivity index (χ0n) is 7.49. The molecule has 0 spiro atoms. The van der Waals surface area contributed by atoms with E-state index in [-0.39, 0.29) is 6.10 Å². The van der Waals surface area contributed by atoms with Crippen LogP contribution >= 0.6 is 0 Å². The number of rotatable bonds is 2. The Bertz CT molecular complexity index is 237. The number of hydrogen-bond donors (Lipinski definition) is 0. The van der Waals surface area contributed by atoms with E-state index in [1.165, 1.54) is 0 Å². The minimum absolute atomic E-state index is 0.140. The molecular weight excluding hydrogens is 178 g/mol. The number of nitrogens with zero attached hydrogens (tertiary/aromatic N) is 1. The Hall–Kier alpha value is -0.130. The fraction of sp³-hybridized carbons (Fsp3) is 1.00. The van der Waals surface area contributed by atoms with Gasteiger partial charge in [0.15, 0.2) is 0 Å². The second-order valence-electron chi connectivity index (χ2n) is 3.33. The van der Waals surface area contributed by atoms with Crippen LogP contribution < -0.4 is 0 Å². The van der Waals surface area contributed by atoms with Crippen molar-refractivity contribution in [3.63, 3.8) is 0 Å². The summed E-state index contributed by atoms with van der Waals surface area (Å²) in [6.07, 6.45) is 2.81. The van der Waals surface area contributed by atoms with Gasteiger partial charge in [0.2, 0.25) is 0 Å². The summed E-state index contributed by atoms with van der Waals surface area (Å²) in [6.45, 7) is 1.75. The topological polar surface area (TPSA) is 46.6 Å². The third-order valence-corrected chi connectivity index (χ3v) is 2.51. The summed E-state index contributed by atoms with van der Waals surface area (Å²) in [5.74, 6) is 0. The van der Waals surface area contributed by atoms with Crippen LogP contribution in [-0.2, 0) is 14.3 Å². The van der Waals surface area contributed by atoms with E-state index >= 15 is 0 Å². The number of piperidine rings is 1. The largest absolute Gasteiger partial charge is 0.304 e. The molecule has 12 heavy (non-hydrogen) atoms. The Balaban J connectivity index is 2.43. The lowest BCUT2D eigenvalue weighted by atomic mass is 10.1. The molecule has 0 amide bonds.